The molecule has 5 aromatic carbocycles. The zero-order chi connectivity index (χ0) is 45.5. The van der Waals surface area contributed by atoms with Crippen LogP contribution in [0.4, 0.5) is 17.6 Å². The number of halogens is 4. The van der Waals surface area contributed by atoms with E-state index < -0.39 is 36.6 Å². The summed E-state index contributed by atoms with van der Waals surface area (Å²) in [5.74, 6) is 1.24. The molecule has 5 aromatic rings. The Labute approximate surface area is 376 Å². The van der Waals surface area contributed by atoms with Crippen molar-refractivity contribution >= 4 is 0 Å². The van der Waals surface area contributed by atoms with Crippen LogP contribution in [-0.2, 0) is 32.2 Å². The summed E-state index contributed by atoms with van der Waals surface area (Å²) in [5.41, 5.74) is 4.31. The number of hydrogen-bond acceptors (Lipinski definition) is 10. The summed E-state index contributed by atoms with van der Waals surface area (Å²) < 4.78 is 77.3. The lowest BCUT2D eigenvalue weighted by molar-refractivity contribution is -0.0295. The van der Waals surface area contributed by atoms with Crippen LogP contribution in [0.25, 0.3) is 0 Å². The Morgan fingerprint density at radius 1 is 0.462 bits per heavy atom. The molecule has 346 valence electrons. The van der Waals surface area contributed by atoms with Crippen molar-refractivity contribution in [2.75, 3.05) is 26.2 Å². The van der Waals surface area contributed by atoms with E-state index in [2.05, 4.69) is 5.32 Å². The standard InChI is InChI=1S/C29H31F2NO4.C22H25F2NO4/c30-22-8-12-26-20(14-22)6-10-28(35-26)24(33)17-32(16-19-4-2-1-3-5-19)18-25(34)29-11-7-21-15-23(31)9-13-27(21)36-29;23-15-3-7-19-13(9-15)1-5-21(28-19)17(26)11-25-12-18(27)22-6-2-14-10-16(24)4-8-20(14)29-22/h1-5,8-9,12-15,24-25,28-29,33-34H,6-7,10-11,16-18H2;3-4,7-10,17-18,21-22,25-27H,1-2,5-6,11-12H2/t;17-,18-,21-,22+/m.1/s1. The van der Waals surface area contributed by atoms with Gasteiger partial charge in [0.05, 0.1) is 0 Å². The Morgan fingerprint density at radius 3 is 1.12 bits per heavy atom. The van der Waals surface area contributed by atoms with Crippen molar-refractivity contribution in [3.63, 3.8) is 0 Å². The molecule has 65 heavy (non-hydrogen) atoms. The van der Waals surface area contributed by atoms with E-state index >= 15 is 0 Å². The van der Waals surface area contributed by atoms with Crippen LogP contribution in [-0.4, -0.2) is 100 Å². The van der Waals surface area contributed by atoms with Crippen molar-refractivity contribution in [2.45, 2.75) is 107 Å². The fourth-order valence-corrected chi connectivity index (χ4v) is 9.05. The molecule has 4 aliphatic rings. The third-order valence-electron chi connectivity index (χ3n) is 12.6. The molecule has 0 bridgehead atoms. The Balaban J connectivity index is 0.000000181. The molecule has 0 fully saturated rings. The monoisotopic (exact) mass is 900 g/mol. The lowest BCUT2D eigenvalue weighted by Crippen LogP contribution is -2.48. The van der Waals surface area contributed by atoms with Crippen LogP contribution in [0.5, 0.6) is 23.0 Å². The minimum absolute atomic E-state index is 0.257. The number of aliphatic hydroxyl groups is 4. The van der Waals surface area contributed by atoms with E-state index in [9.17, 15) is 38.0 Å². The molecular weight excluding hydrogens is 845 g/mol. The molecule has 8 atom stereocenters. The van der Waals surface area contributed by atoms with Gasteiger partial charge in [-0.05, 0) is 152 Å². The van der Waals surface area contributed by atoms with E-state index in [0.717, 1.165) is 27.8 Å². The molecule has 4 unspecified atom stereocenters. The van der Waals surface area contributed by atoms with Crippen LogP contribution in [0.3, 0.4) is 0 Å². The average molecular weight is 901 g/mol. The summed E-state index contributed by atoms with van der Waals surface area (Å²) in [5, 5.41) is 46.1. The van der Waals surface area contributed by atoms with Gasteiger partial charge < -0.3 is 44.7 Å². The second kappa shape index (κ2) is 21.4. The SMILES string of the molecule is OC(CN(Cc1ccccc1)CC(O)C1CCc2cc(F)ccc2O1)C1CCc2cc(F)ccc2O1.O[C@H](CNC[C@@H](O)[C@H]1CCc2cc(F)ccc2O1)[C@@H]1CCc2cc(F)ccc2O1. The minimum Gasteiger partial charge on any atom is -0.487 e. The third-order valence-corrected chi connectivity index (χ3v) is 12.6. The van der Waals surface area contributed by atoms with Crippen LogP contribution in [0.2, 0.25) is 0 Å². The first kappa shape index (κ1) is 46.3. The van der Waals surface area contributed by atoms with Crippen molar-refractivity contribution in [1.82, 2.24) is 10.2 Å². The van der Waals surface area contributed by atoms with Gasteiger partial charge in [-0.1, -0.05) is 30.3 Å². The topological polar surface area (TPSA) is 133 Å². The van der Waals surface area contributed by atoms with Crippen LogP contribution >= 0.6 is 0 Å². The third kappa shape index (κ3) is 12.2. The maximum absolute atomic E-state index is 13.5. The lowest BCUT2D eigenvalue weighted by Gasteiger charge is -2.35. The number of rotatable bonds is 14. The van der Waals surface area contributed by atoms with Crippen molar-refractivity contribution in [1.29, 1.82) is 0 Å². The zero-order valence-corrected chi connectivity index (χ0v) is 36.0. The van der Waals surface area contributed by atoms with Crippen LogP contribution in [0.15, 0.2) is 103 Å². The largest absolute Gasteiger partial charge is 0.487 e. The van der Waals surface area contributed by atoms with Crippen LogP contribution in [0, 0.1) is 23.3 Å². The van der Waals surface area contributed by atoms with E-state index in [4.69, 9.17) is 18.9 Å². The minimum atomic E-state index is -0.796. The van der Waals surface area contributed by atoms with Gasteiger partial charge in [0.15, 0.2) is 0 Å². The molecule has 0 spiro atoms. The lowest BCUT2D eigenvalue weighted by atomic mass is 9.97. The number of nitrogens with zero attached hydrogens (tertiary/aromatic N) is 1. The van der Waals surface area contributed by atoms with Gasteiger partial charge in [0.1, 0.15) is 95.1 Å². The number of aryl methyl sites for hydroxylation is 4. The highest BCUT2D eigenvalue weighted by Gasteiger charge is 2.33. The van der Waals surface area contributed by atoms with Crippen molar-refractivity contribution in [3.8, 4) is 23.0 Å². The summed E-state index contributed by atoms with van der Waals surface area (Å²) in [6, 6.07) is 27.6. The fourth-order valence-electron chi connectivity index (χ4n) is 9.05. The normalized spacial score (nSPS) is 21.5. The van der Waals surface area contributed by atoms with Gasteiger partial charge in [-0.2, -0.15) is 0 Å². The van der Waals surface area contributed by atoms with Gasteiger partial charge in [-0.3, -0.25) is 4.90 Å². The van der Waals surface area contributed by atoms with E-state index in [1.165, 1.54) is 48.5 Å². The first-order valence-electron chi connectivity index (χ1n) is 22.4. The van der Waals surface area contributed by atoms with Gasteiger partial charge in [0.25, 0.3) is 0 Å². The first-order chi connectivity index (χ1) is 31.4. The maximum Gasteiger partial charge on any atom is 0.126 e. The Bertz CT molecular complexity index is 2220. The number of nitrogens with one attached hydrogen (secondary N) is 1. The molecule has 9 rings (SSSR count). The van der Waals surface area contributed by atoms with E-state index in [1.54, 1.807) is 24.3 Å². The summed E-state index contributed by atoms with van der Waals surface area (Å²) in [6.45, 7) is 1.64. The molecule has 14 heteroatoms. The summed E-state index contributed by atoms with van der Waals surface area (Å²) in [7, 11) is 0. The summed E-state index contributed by atoms with van der Waals surface area (Å²) in [4.78, 5) is 2.01. The Morgan fingerprint density at radius 2 is 0.785 bits per heavy atom. The quantitative estimate of drug-likeness (QED) is 0.0774. The molecule has 4 heterocycles. The van der Waals surface area contributed by atoms with Crippen LogP contribution < -0.4 is 24.3 Å². The molecule has 5 N–H and O–H groups in total. The number of fused-ring (bicyclic) bond motifs is 4. The van der Waals surface area contributed by atoms with E-state index in [1.807, 2.05) is 35.2 Å². The Kier molecular flexibility index (Phi) is 15.2. The molecule has 0 saturated carbocycles. The molecule has 0 aliphatic carbocycles. The van der Waals surface area contributed by atoms with Crippen molar-refractivity contribution in [3.05, 3.63) is 154 Å². The predicted molar refractivity (Wildman–Crippen MR) is 235 cm³/mol. The van der Waals surface area contributed by atoms with E-state index in [-0.39, 0.29) is 48.6 Å². The number of aliphatic hydroxyl groups excluding tert-OH is 4. The molecule has 0 radical (unpaired) electrons. The molecule has 0 amide bonds. The zero-order valence-electron chi connectivity index (χ0n) is 36.0. The highest BCUT2D eigenvalue weighted by atomic mass is 19.1. The van der Waals surface area contributed by atoms with Crippen molar-refractivity contribution in [2.24, 2.45) is 0 Å². The second-order valence-corrected chi connectivity index (χ2v) is 17.4. The molecule has 10 nitrogen and oxygen atoms in total. The second-order valence-electron chi connectivity index (χ2n) is 17.4. The van der Waals surface area contributed by atoms with E-state index in [0.29, 0.717) is 94.0 Å². The molecule has 4 aliphatic heterocycles. The van der Waals surface area contributed by atoms with Gasteiger partial charge in [-0.25, -0.2) is 17.6 Å². The maximum atomic E-state index is 13.5. The summed E-state index contributed by atoms with van der Waals surface area (Å²) in [6.07, 6.45) is 0.197. The van der Waals surface area contributed by atoms with Crippen LogP contribution in [0.1, 0.15) is 53.5 Å². The van der Waals surface area contributed by atoms with Gasteiger partial charge in [-0.15, -0.1) is 0 Å². The Hall–Kier alpha value is -5.22. The van der Waals surface area contributed by atoms with Gasteiger partial charge in [0, 0.05) is 32.7 Å². The highest BCUT2D eigenvalue weighted by Crippen LogP contribution is 2.33. The number of benzene rings is 5. The smallest absolute Gasteiger partial charge is 0.126 e. The summed E-state index contributed by atoms with van der Waals surface area (Å²) >= 11 is 0. The number of ether oxygens (including phenoxy) is 4. The first-order valence-corrected chi connectivity index (χ1v) is 22.4. The molecular formula is C51H56F4N2O8. The number of hydrogen-bond donors (Lipinski definition) is 5. The predicted octanol–water partition coefficient (Wildman–Crippen LogP) is 6.64. The van der Waals surface area contributed by atoms with Crippen molar-refractivity contribution < 1.29 is 56.9 Å². The molecule has 0 aromatic heterocycles. The molecule has 0 saturated heterocycles. The van der Waals surface area contributed by atoms with Gasteiger partial charge >= 0.3 is 0 Å². The van der Waals surface area contributed by atoms with Gasteiger partial charge in [0.2, 0.25) is 0 Å². The highest BCUT2D eigenvalue weighted by molar-refractivity contribution is 5.38. The fraction of sp³-hybridized carbons (Fsp3) is 0.412. The average Bonchev–Trinajstić information content (AvgIpc) is 3.31.